The topological polar surface area (TPSA) is 52.7 Å². The zero-order valence-corrected chi connectivity index (χ0v) is 18.6. The zero-order chi connectivity index (χ0) is 21.5. The highest BCUT2D eigenvalue weighted by Crippen LogP contribution is 2.29. The summed E-state index contributed by atoms with van der Waals surface area (Å²) < 4.78 is 0. The first kappa shape index (κ1) is 22.6. The van der Waals surface area contributed by atoms with Gasteiger partial charge in [0.05, 0.1) is 22.3 Å². The number of nitrogens with zero attached hydrogens (tertiary/aromatic N) is 2. The van der Waals surface area contributed by atoms with Gasteiger partial charge in [0.2, 0.25) is 5.91 Å². The largest absolute Gasteiger partial charge is 0.339 e. The van der Waals surface area contributed by atoms with E-state index in [1.54, 1.807) is 18.2 Å². The second-order valence-corrected chi connectivity index (χ2v) is 8.29. The van der Waals surface area contributed by atoms with Gasteiger partial charge < -0.3 is 10.2 Å². The molecule has 1 aliphatic rings. The van der Waals surface area contributed by atoms with E-state index in [0.717, 1.165) is 31.4 Å². The van der Waals surface area contributed by atoms with Crippen LogP contribution in [0.2, 0.25) is 10.0 Å². The third-order valence-corrected chi connectivity index (χ3v) is 6.19. The Hall–Kier alpha value is -2.08. The smallest absolute Gasteiger partial charge is 0.253 e. The van der Waals surface area contributed by atoms with Gasteiger partial charge >= 0.3 is 0 Å². The Morgan fingerprint density at radius 2 is 1.77 bits per heavy atom. The number of carbonyl (C=O) groups is 2. The van der Waals surface area contributed by atoms with Gasteiger partial charge in [0.1, 0.15) is 0 Å². The van der Waals surface area contributed by atoms with Crippen molar-refractivity contribution in [3.63, 3.8) is 0 Å². The molecule has 1 aliphatic heterocycles. The van der Waals surface area contributed by atoms with Crippen LogP contribution in [0, 0.1) is 0 Å². The second kappa shape index (κ2) is 10.8. The maximum Gasteiger partial charge on any atom is 0.253 e. The first-order valence-corrected chi connectivity index (χ1v) is 11.1. The molecule has 2 amide bonds. The highest BCUT2D eigenvalue weighted by molar-refractivity contribution is 6.44. The number of hydrogen-bond donors (Lipinski definition) is 1. The summed E-state index contributed by atoms with van der Waals surface area (Å²) >= 11 is 12.2. The minimum atomic E-state index is -0.115. The molecule has 0 radical (unpaired) electrons. The summed E-state index contributed by atoms with van der Waals surface area (Å²) in [4.78, 5) is 29.4. The summed E-state index contributed by atoms with van der Waals surface area (Å²) in [6.07, 6.45) is 2.65. The molecule has 2 aromatic rings. The first-order chi connectivity index (χ1) is 14.5. The van der Waals surface area contributed by atoms with Crippen LogP contribution in [0.4, 0.5) is 5.69 Å². The van der Waals surface area contributed by atoms with Crippen LogP contribution in [0.15, 0.2) is 48.5 Å². The van der Waals surface area contributed by atoms with E-state index in [4.69, 9.17) is 23.2 Å². The van der Waals surface area contributed by atoms with E-state index in [0.29, 0.717) is 28.8 Å². The van der Waals surface area contributed by atoms with Gasteiger partial charge in [-0.1, -0.05) is 54.4 Å². The standard InChI is InChI=1S/C23H27Cl2N3O2/c1-2-13-28(16-21(29)26-20-10-6-9-19(24)22(20)25)18-11-14-27(15-12-18)23(30)17-7-4-3-5-8-17/h3-10,18H,2,11-16H2,1H3,(H,26,29). The summed E-state index contributed by atoms with van der Waals surface area (Å²) in [5.41, 5.74) is 1.24. The fourth-order valence-corrected chi connectivity index (χ4v) is 4.20. The van der Waals surface area contributed by atoms with Crippen molar-refractivity contribution in [2.75, 3.05) is 31.5 Å². The summed E-state index contributed by atoms with van der Waals surface area (Å²) in [5, 5.41) is 3.63. The molecule has 1 N–H and O–H groups in total. The number of nitrogens with one attached hydrogen (secondary N) is 1. The van der Waals surface area contributed by atoms with Gasteiger partial charge in [-0.25, -0.2) is 0 Å². The Morgan fingerprint density at radius 1 is 1.07 bits per heavy atom. The molecule has 3 rings (SSSR count). The molecule has 0 unspecified atom stereocenters. The quantitative estimate of drug-likeness (QED) is 0.652. The third-order valence-electron chi connectivity index (χ3n) is 5.37. The van der Waals surface area contributed by atoms with E-state index in [1.165, 1.54) is 0 Å². The van der Waals surface area contributed by atoms with Gasteiger partial charge in [-0.2, -0.15) is 0 Å². The van der Waals surface area contributed by atoms with Crippen molar-refractivity contribution in [3.8, 4) is 0 Å². The van der Waals surface area contributed by atoms with Crippen molar-refractivity contribution in [1.82, 2.24) is 9.80 Å². The van der Waals surface area contributed by atoms with Crippen molar-refractivity contribution >= 4 is 40.7 Å². The van der Waals surface area contributed by atoms with Crippen LogP contribution >= 0.6 is 23.2 Å². The molecule has 0 spiro atoms. The molecule has 30 heavy (non-hydrogen) atoms. The summed E-state index contributed by atoms with van der Waals surface area (Å²) in [7, 11) is 0. The summed E-state index contributed by atoms with van der Waals surface area (Å²) in [6, 6.07) is 14.8. The van der Waals surface area contributed by atoms with Crippen LogP contribution in [0.1, 0.15) is 36.5 Å². The molecule has 160 valence electrons. The number of anilines is 1. The Balaban J connectivity index is 1.57. The Bertz CT molecular complexity index is 868. The Kier molecular flexibility index (Phi) is 8.14. The molecule has 0 atom stereocenters. The van der Waals surface area contributed by atoms with Crippen LogP contribution < -0.4 is 5.32 Å². The molecular weight excluding hydrogens is 421 g/mol. The van der Waals surface area contributed by atoms with E-state index in [1.807, 2.05) is 35.2 Å². The fraction of sp³-hybridized carbons (Fsp3) is 0.391. The average Bonchev–Trinajstić information content (AvgIpc) is 2.77. The SMILES string of the molecule is CCCN(CC(=O)Nc1cccc(Cl)c1Cl)C1CCN(C(=O)c2ccccc2)CC1. The Morgan fingerprint density at radius 3 is 2.43 bits per heavy atom. The molecular formula is C23H27Cl2N3O2. The zero-order valence-electron chi connectivity index (χ0n) is 17.1. The van der Waals surface area contributed by atoms with Gasteiger partial charge in [-0.3, -0.25) is 14.5 Å². The number of rotatable bonds is 7. The molecule has 2 aromatic carbocycles. The maximum atomic E-state index is 12.7. The number of piperidine rings is 1. The van der Waals surface area contributed by atoms with Crippen LogP contribution in [0.25, 0.3) is 0 Å². The molecule has 0 saturated carbocycles. The van der Waals surface area contributed by atoms with Crippen LogP contribution in [0.3, 0.4) is 0 Å². The van der Waals surface area contributed by atoms with Gasteiger partial charge in [-0.15, -0.1) is 0 Å². The number of halogens is 2. The van der Waals surface area contributed by atoms with Gasteiger partial charge in [-0.05, 0) is 50.1 Å². The lowest BCUT2D eigenvalue weighted by Crippen LogP contribution is -2.49. The lowest BCUT2D eigenvalue weighted by molar-refractivity contribution is -0.118. The first-order valence-electron chi connectivity index (χ1n) is 10.3. The second-order valence-electron chi connectivity index (χ2n) is 7.51. The van der Waals surface area contributed by atoms with Crippen LogP contribution in [-0.2, 0) is 4.79 Å². The minimum absolute atomic E-state index is 0.0735. The molecule has 1 fully saturated rings. The number of amides is 2. The molecule has 1 heterocycles. The van der Waals surface area contributed by atoms with E-state index in [-0.39, 0.29) is 24.4 Å². The van der Waals surface area contributed by atoms with Gasteiger partial charge in [0.15, 0.2) is 0 Å². The van der Waals surface area contributed by atoms with E-state index >= 15 is 0 Å². The third kappa shape index (κ3) is 5.75. The van der Waals surface area contributed by atoms with Gasteiger partial charge in [0.25, 0.3) is 5.91 Å². The molecule has 5 nitrogen and oxygen atoms in total. The monoisotopic (exact) mass is 447 g/mol. The lowest BCUT2D eigenvalue weighted by atomic mass is 10.0. The summed E-state index contributed by atoms with van der Waals surface area (Å²) in [5.74, 6) is -0.0418. The highest BCUT2D eigenvalue weighted by atomic mass is 35.5. The van der Waals surface area contributed by atoms with Crippen molar-refractivity contribution in [3.05, 3.63) is 64.1 Å². The van der Waals surface area contributed by atoms with E-state index in [2.05, 4.69) is 17.1 Å². The number of likely N-dealkylation sites (tertiary alicyclic amines) is 1. The number of hydrogen-bond acceptors (Lipinski definition) is 3. The maximum absolute atomic E-state index is 12.7. The van der Waals surface area contributed by atoms with E-state index < -0.39 is 0 Å². The van der Waals surface area contributed by atoms with Crippen molar-refractivity contribution in [2.24, 2.45) is 0 Å². The van der Waals surface area contributed by atoms with Crippen LogP contribution in [0.5, 0.6) is 0 Å². The molecule has 0 aromatic heterocycles. The minimum Gasteiger partial charge on any atom is -0.339 e. The van der Waals surface area contributed by atoms with Crippen molar-refractivity contribution in [1.29, 1.82) is 0 Å². The fourth-order valence-electron chi connectivity index (χ4n) is 3.85. The van der Waals surface area contributed by atoms with Crippen LogP contribution in [-0.4, -0.2) is 53.8 Å². The number of benzene rings is 2. The number of carbonyl (C=O) groups excluding carboxylic acids is 2. The molecule has 1 saturated heterocycles. The molecule has 7 heteroatoms. The summed E-state index contributed by atoms with van der Waals surface area (Å²) in [6.45, 7) is 4.61. The van der Waals surface area contributed by atoms with Crippen molar-refractivity contribution < 1.29 is 9.59 Å². The van der Waals surface area contributed by atoms with Gasteiger partial charge in [0, 0.05) is 24.7 Å². The molecule has 0 aliphatic carbocycles. The lowest BCUT2D eigenvalue weighted by Gasteiger charge is -2.38. The molecule has 0 bridgehead atoms. The average molecular weight is 448 g/mol. The highest BCUT2D eigenvalue weighted by Gasteiger charge is 2.28. The predicted molar refractivity (Wildman–Crippen MR) is 122 cm³/mol. The van der Waals surface area contributed by atoms with E-state index in [9.17, 15) is 9.59 Å². The predicted octanol–water partition coefficient (Wildman–Crippen LogP) is 4.95. The normalized spacial score (nSPS) is 14.7. The van der Waals surface area contributed by atoms with Crippen molar-refractivity contribution in [2.45, 2.75) is 32.2 Å². The Labute approximate surface area is 187 Å².